The summed E-state index contributed by atoms with van der Waals surface area (Å²) in [5.41, 5.74) is 1.79. The molecular weight excluding hydrogens is 546 g/mol. The Morgan fingerprint density at radius 2 is 1.84 bits per heavy atom. The quantitative estimate of drug-likeness (QED) is 0.186. The van der Waals surface area contributed by atoms with Crippen LogP contribution in [0.1, 0.15) is 16.7 Å². The van der Waals surface area contributed by atoms with Crippen LogP contribution in [0.2, 0.25) is 0 Å². The molecule has 0 spiro atoms. The van der Waals surface area contributed by atoms with Gasteiger partial charge >= 0.3 is 6.03 Å². The molecule has 0 radical (unpaired) electrons. The van der Waals surface area contributed by atoms with Crippen molar-refractivity contribution in [2.75, 3.05) is 12.0 Å². The SMILES string of the molecule is COc1cc(/C=C2\C(=O)NC(=O)N(c3ccccc3C)C2=O)cc(Br)c1OCc1cccc([N+](=O)[O-])c1. The number of aryl methyl sites for hydroxylation is 1. The van der Waals surface area contributed by atoms with Crippen LogP contribution in [0.15, 0.2) is 70.7 Å². The van der Waals surface area contributed by atoms with Gasteiger partial charge < -0.3 is 9.47 Å². The Morgan fingerprint density at radius 3 is 2.54 bits per heavy atom. The minimum atomic E-state index is -0.829. The number of urea groups is 1. The summed E-state index contributed by atoms with van der Waals surface area (Å²) in [5, 5.41) is 13.2. The van der Waals surface area contributed by atoms with E-state index in [0.29, 0.717) is 38.3 Å². The van der Waals surface area contributed by atoms with Crippen molar-refractivity contribution in [2.24, 2.45) is 0 Å². The van der Waals surface area contributed by atoms with E-state index in [-0.39, 0.29) is 17.9 Å². The lowest BCUT2D eigenvalue weighted by atomic mass is 10.1. The molecule has 0 atom stereocenters. The van der Waals surface area contributed by atoms with Crippen LogP contribution in [-0.4, -0.2) is 29.9 Å². The van der Waals surface area contributed by atoms with Gasteiger partial charge in [0.25, 0.3) is 17.5 Å². The summed E-state index contributed by atoms with van der Waals surface area (Å²) in [5.74, 6) is -0.959. The van der Waals surface area contributed by atoms with E-state index in [1.54, 1.807) is 55.5 Å². The monoisotopic (exact) mass is 565 g/mol. The number of methoxy groups -OCH3 is 1. The van der Waals surface area contributed by atoms with Gasteiger partial charge in [0, 0.05) is 12.1 Å². The van der Waals surface area contributed by atoms with Crippen LogP contribution in [0.3, 0.4) is 0 Å². The third-order valence-electron chi connectivity index (χ3n) is 5.53. The van der Waals surface area contributed by atoms with Crippen molar-refractivity contribution in [1.29, 1.82) is 0 Å². The maximum atomic E-state index is 13.2. The number of hydrogen-bond acceptors (Lipinski definition) is 7. The summed E-state index contributed by atoms with van der Waals surface area (Å²) in [6, 6.07) is 15.3. The summed E-state index contributed by atoms with van der Waals surface area (Å²) >= 11 is 3.42. The summed E-state index contributed by atoms with van der Waals surface area (Å²) in [7, 11) is 1.43. The first-order valence-electron chi connectivity index (χ1n) is 10.9. The van der Waals surface area contributed by atoms with Crippen LogP contribution in [-0.2, 0) is 16.2 Å². The van der Waals surface area contributed by atoms with E-state index in [4.69, 9.17) is 9.47 Å². The third kappa shape index (κ3) is 5.36. The van der Waals surface area contributed by atoms with Crippen molar-refractivity contribution in [3.8, 4) is 11.5 Å². The lowest BCUT2D eigenvalue weighted by Crippen LogP contribution is -2.54. The van der Waals surface area contributed by atoms with Crippen molar-refractivity contribution < 1.29 is 28.8 Å². The molecule has 4 rings (SSSR count). The first-order valence-corrected chi connectivity index (χ1v) is 11.7. The van der Waals surface area contributed by atoms with E-state index in [2.05, 4.69) is 21.2 Å². The van der Waals surface area contributed by atoms with E-state index >= 15 is 0 Å². The minimum Gasteiger partial charge on any atom is -0.493 e. The molecule has 0 saturated carbocycles. The van der Waals surface area contributed by atoms with Gasteiger partial charge in [0.15, 0.2) is 11.5 Å². The fourth-order valence-electron chi connectivity index (χ4n) is 3.74. The van der Waals surface area contributed by atoms with Crippen LogP contribution >= 0.6 is 15.9 Å². The van der Waals surface area contributed by atoms with E-state index in [0.717, 1.165) is 4.90 Å². The molecule has 1 N–H and O–H groups in total. The fourth-order valence-corrected chi connectivity index (χ4v) is 4.31. The number of carbonyl (C=O) groups is 3. The number of benzene rings is 3. The Balaban J connectivity index is 1.64. The summed E-state index contributed by atoms with van der Waals surface area (Å²) < 4.78 is 11.8. The summed E-state index contributed by atoms with van der Waals surface area (Å²) in [6.45, 7) is 1.79. The Kier molecular flexibility index (Phi) is 7.35. The number of imide groups is 2. The van der Waals surface area contributed by atoms with Crippen LogP contribution in [0.4, 0.5) is 16.2 Å². The maximum Gasteiger partial charge on any atom is 0.335 e. The standard InChI is InChI=1S/C26H20BrN3O7/c1-15-6-3-4-9-21(15)29-25(32)19(24(31)28-26(29)33)11-17-12-20(27)23(22(13-17)36-2)37-14-16-7-5-8-18(10-16)30(34)35/h3-13H,14H2,1-2H3,(H,28,31,33)/b19-11+. The number of nitrogens with zero attached hydrogens (tertiary/aromatic N) is 2. The zero-order chi connectivity index (χ0) is 26.7. The topological polar surface area (TPSA) is 128 Å². The zero-order valence-electron chi connectivity index (χ0n) is 19.7. The predicted octanol–water partition coefficient (Wildman–Crippen LogP) is 4.92. The van der Waals surface area contributed by atoms with Gasteiger partial charge in [0.2, 0.25) is 0 Å². The molecule has 1 aliphatic rings. The van der Waals surface area contributed by atoms with Crippen molar-refractivity contribution in [2.45, 2.75) is 13.5 Å². The highest BCUT2D eigenvalue weighted by molar-refractivity contribution is 9.10. The van der Waals surface area contributed by atoms with Gasteiger partial charge in [-0.2, -0.15) is 0 Å². The number of anilines is 1. The van der Waals surface area contributed by atoms with Gasteiger partial charge in [-0.25, -0.2) is 9.69 Å². The third-order valence-corrected chi connectivity index (χ3v) is 6.11. The van der Waals surface area contributed by atoms with Crippen molar-refractivity contribution in [1.82, 2.24) is 5.32 Å². The van der Waals surface area contributed by atoms with Gasteiger partial charge in [0.05, 0.1) is 22.2 Å². The van der Waals surface area contributed by atoms with Crippen LogP contribution in [0.5, 0.6) is 11.5 Å². The summed E-state index contributed by atoms with van der Waals surface area (Å²) in [6.07, 6.45) is 1.35. The van der Waals surface area contributed by atoms with Crippen molar-refractivity contribution in [3.63, 3.8) is 0 Å². The fraction of sp³-hybridized carbons (Fsp3) is 0.115. The minimum absolute atomic E-state index is 0.0332. The Hall–Kier alpha value is -4.51. The van der Waals surface area contributed by atoms with Crippen LogP contribution < -0.4 is 19.7 Å². The highest BCUT2D eigenvalue weighted by atomic mass is 79.9. The molecule has 1 fully saturated rings. The van der Waals surface area contributed by atoms with E-state index < -0.39 is 22.8 Å². The Labute approximate surface area is 219 Å². The number of rotatable bonds is 7. The Bertz CT molecular complexity index is 1470. The summed E-state index contributed by atoms with van der Waals surface area (Å²) in [4.78, 5) is 49.7. The zero-order valence-corrected chi connectivity index (χ0v) is 21.3. The number of carbonyl (C=O) groups excluding carboxylic acids is 3. The molecule has 1 heterocycles. The number of nitrogens with one attached hydrogen (secondary N) is 1. The number of nitro benzene ring substituents is 1. The number of barbiturate groups is 1. The molecule has 3 aromatic rings. The second kappa shape index (κ2) is 10.6. The molecule has 11 heteroatoms. The molecule has 0 bridgehead atoms. The molecule has 0 unspecified atom stereocenters. The molecule has 4 amide bonds. The van der Waals surface area contributed by atoms with Gasteiger partial charge in [0.1, 0.15) is 12.2 Å². The number of halogens is 1. The molecular formula is C26H20BrN3O7. The number of ether oxygens (including phenoxy) is 2. The van der Waals surface area contributed by atoms with Crippen molar-refractivity contribution in [3.05, 3.63) is 97.5 Å². The second-order valence-corrected chi connectivity index (χ2v) is 8.85. The predicted molar refractivity (Wildman–Crippen MR) is 138 cm³/mol. The second-order valence-electron chi connectivity index (χ2n) is 7.99. The molecule has 0 aromatic heterocycles. The van der Waals surface area contributed by atoms with Crippen molar-refractivity contribution >= 4 is 51.2 Å². The van der Waals surface area contributed by atoms with Crippen LogP contribution in [0, 0.1) is 17.0 Å². The van der Waals surface area contributed by atoms with Crippen LogP contribution in [0.25, 0.3) is 6.08 Å². The number of para-hydroxylation sites is 1. The first-order chi connectivity index (χ1) is 17.7. The lowest BCUT2D eigenvalue weighted by molar-refractivity contribution is -0.384. The average Bonchev–Trinajstić information content (AvgIpc) is 2.86. The number of hydrogen-bond donors (Lipinski definition) is 1. The molecule has 1 saturated heterocycles. The Morgan fingerprint density at radius 1 is 1.08 bits per heavy atom. The van der Waals surface area contributed by atoms with Gasteiger partial charge in [-0.05, 0) is 63.8 Å². The maximum absolute atomic E-state index is 13.2. The largest absolute Gasteiger partial charge is 0.493 e. The smallest absolute Gasteiger partial charge is 0.335 e. The molecule has 188 valence electrons. The highest BCUT2D eigenvalue weighted by Gasteiger charge is 2.37. The molecule has 0 aliphatic carbocycles. The lowest BCUT2D eigenvalue weighted by Gasteiger charge is -2.27. The average molecular weight is 566 g/mol. The molecule has 3 aromatic carbocycles. The molecule has 1 aliphatic heterocycles. The first kappa shape index (κ1) is 25.6. The van der Waals surface area contributed by atoms with Gasteiger partial charge in [-0.15, -0.1) is 0 Å². The molecule has 37 heavy (non-hydrogen) atoms. The highest BCUT2D eigenvalue weighted by Crippen LogP contribution is 2.38. The number of amides is 4. The normalized spacial score (nSPS) is 14.5. The van der Waals surface area contributed by atoms with E-state index in [9.17, 15) is 24.5 Å². The molecule has 10 nitrogen and oxygen atoms in total. The number of non-ortho nitro benzene ring substituents is 1. The number of nitro groups is 1. The van der Waals surface area contributed by atoms with E-state index in [1.165, 1.54) is 25.3 Å². The van der Waals surface area contributed by atoms with Gasteiger partial charge in [-0.1, -0.05) is 30.3 Å². The van der Waals surface area contributed by atoms with E-state index in [1.807, 2.05) is 0 Å². The van der Waals surface area contributed by atoms with Gasteiger partial charge in [-0.3, -0.25) is 25.0 Å².